The van der Waals surface area contributed by atoms with E-state index in [9.17, 15) is 10.1 Å². The number of hydrogen-bond acceptors (Lipinski definition) is 2. The zero-order valence-electron chi connectivity index (χ0n) is 6.08. The van der Waals surface area contributed by atoms with E-state index in [1.165, 1.54) is 6.07 Å². The SMILES string of the molecule is C=[C]c1cc(Br)ccc1[N+](=O)[O-]. The maximum Gasteiger partial charge on any atom is 0.277 e. The molecule has 1 aromatic carbocycles. The lowest BCUT2D eigenvalue weighted by Crippen LogP contribution is -1.91. The van der Waals surface area contributed by atoms with Crippen molar-refractivity contribution in [2.24, 2.45) is 0 Å². The summed E-state index contributed by atoms with van der Waals surface area (Å²) in [6.45, 7) is 3.36. The smallest absolute Gasteiger partial charge is 0.258 e. The third kappa shape index (κ3) is 1.71. The van der Waals surface area contributed by atoms with Crippen LogP contribution in [-0.2, 0) is 0 Å². The molecule has 1 aromatic rings. The van der Waals surface area contributed by atoms with Crippen LogP contribution in [0.2, 0.25) is 0 Å². The maximum absolute atomic E-state index is 10.4. The van der Waals surface area contributed by atoms with Gasteiger partial charge in [-0.3, -0.25) is 10.1 Å². The average molecular weight is 227 g/mol. The average Bonchev–Trinajstić information content (AvgIpc) is 2.03. The van der Waals surface area contributed by atoms with Crippen molar-refractivity contribution in [2.45, 2.75) is 0 Å². The van der Waals surface area contributed by atoms with Crippen molar-refractivity contribution in [3.05, 3.63) is 51.0 Å². The van der Waals surface area contributed by atoms with Crippen molar-refractivity contribution in [1.82, 2.24) is 0 Å². The fraction of sp³-hybridized carbons (Fsp3) is 0. The summed E-state index contributed by atoms with van der Waals surface area (Å²) in [7, 11) is 0. The number of halogens is 1. The topological polar surface area (TPSA) is 43.1 Å². The molecule has 0 aliphatic rings. The van der Waals surface area contributed by atoms with Crippen LogP contribution in [0.1, 0.15) is 5.56 Å². The van der Waals surface area contributed by atoms with E-state index in [0.29, 0.717) is 5.56 Å². The highest BCUT2D eigenvalue weighted by Crippen LogP contribution is 2.22. The molecular weight excluding hydrogens is 222 g/mol. The molecule has 0 aromatic heterocycles. The number of nitro benzene ring substituents is 1. The number of nitro groups is 1. The standard InChI is InChI=1S/C8H5BrNO2/c1-2-6-5-7(9)3-4-8(6)10(11)12/h3-5H,1H2. The van der Waals surface area contributed by atoms with Gasteiger partial charge in [-0.15, -0.1) is 0 Å². The van der Waals surface area contributed by atoms with Gasteiger partial charge in [0.15, 0.2) is 0 Å². The summed E-state index contributed by atoms with van der Waals surface area (Å²) in [6, 6.07) is 4.63. The summed E-state index contributed by atoms with van der Waals surface area (Å²) in [5.41, 5.74) is 0.419. The van der Waals surface area contributed by atoms with Gasteiger partial charge in [-0.25, -0.2) is 0 Å². The number of benzene rings is 1. The molecule has 0 aliphatic heterocycles. The third-order valence-corrected chi connectivity index (χ3v) is 1.84. The van der Waals surface area contributed by atoms with E-state index < -0.39 is 4.92 Å². The first kappa shape index (κ1) is 8.93. The maximum atomic E-state index is 10.4. The van der Waals surface area contributed by atoms with Gasteiger partial charge in [0, 0.05) is 10.5 Å². The molecule has 0 spiro atoms. The second-order valence-corrected chi connectivity index (χ2v) is 3.01. The molecule has 0 bridgehead atoms. The number of nitrogens with zero attached hydrogens (tertiary/aromatic N) is 1. The molecule has 61 valence electrons. The van der Waals surface area contributed by atoms with Crippen LogP contribution in [0, 0.1) is 16.2 Å². The van der Waals surface area contributed by atoms with E-state index in [2.05, 4.69) is 28.6 Å². The quantitative estimate of drug-likeness (QED) is 0.575. The van der Waals surface area contributed by atoms with Gasteiger partial charge in [0.05, 0.1) is 10.5 Å². The van der Waals surface area contributed by atoms with E-state index >= 15 is 0 Å². The zero-order chi connectivity index (χ0) is 9.14. The molecular formula is C8H5BrNO2. The summed E-state index contributed by atoms with van der Waals surface area (Å²) in [5, 5.41) is 10.4. The van der Waals surface area contributed by atoms with E-state index in [-0.39, 0.29) is 5.69 Å². The molecule has 3 nitrogen and oxygen atoms in total. The zero-order valence-corrected chi connectivity index (χ0v) is 7.67. The van der Waals surface area contributed by atoms with Crippen LogP contribution in [0.3, 0.4) is 0 Å². The Morgan fingerprint density at radius 1 is 1.58 bits per heavy atom. The third-order valence-electron chi connectivity index (χ3n) is 1.35. The molecule has 12 heavy (non-hydrogen) atoms. The van der Waals surface area contributed by atoms with E-state index in [0.717, 1.165) is 4.47 Å². The Hall–Kier alpha value is -1.16. The van der Waals surface area contributed by atoms with Crippen LogP contribution in [0.5, 0.6) is 0 Å². The highest BCUT2D eigenvalue weighted by molar-refractivity contribution is 9.10. The second-order valence-electron chi connectivity index (χ2n) is 2.10. The first-order valence-corrected chi connectivity index (χ1v) is 3.91. The van der Waals surface area contributed by atoms with Crippen LogP contribution in [0.15, 0.2) is 29.3 Å². The minimum absolute atomic E-state index is 0.0215. The predicted molar refractivity (Wildman–Crippen MR) is 48.8 cm³/mol. The lowest BCUT2D eigenvalue weighted by atomic mass is 10.2. The molecule has 4 heteroatoms. The Bertz CT molecular complexity index is 336. The molecule has 0 heterocycles. The predicted octanol–water partition coefficient (Wildman–Crippen LogP) is 2.69. The van der Waals surface area contributed by atoms with Gasteiger partial charge in [-0.05, 0) is 18.2 Å². The van der Waals surface area contributed by atoms with Gasteiger partial charge >= 0.3 is 0 Å². The minimum Gasteiger partial charge on any atom is -0.258 e. The Balaban J connectivity index is 3.29. The molecule has 0 amide bonds. The molecule has 0 aliphatic carbocycles. The summed E-state index contributed by atoms with van der Waals surface area (Å²) in [6.07, 6.45) is 2.50. The van der Waals surface area contributed by atoms with Crippen molar-refractivity contribution >= 4 is 21.6 Å². The van der Waals surface area contributed by atoms with Crippen molar-refractivity contribution in [1.29, 1.82) is 0 Å². The fourth-order valence-electron chi connectivity index (χ4n) is 0.809. The lowest BCUT2D eigenvalue weighted by Gasteiger charge is -1.96. The molecule has 0 N–H and O–H groups in total. The molecule has 0 saturated heterocycles. The normalized spacial score (nSPS) is 9.42. The Kier molecular flexibility index (Phi) is 2.60. The first-order valence-electron chi connectivity index (χ1n) is 3.12. The monoisotopic (exact) mass is 226 g/mol. The van der Waals surface area contributed by atoms with Crippen molar-refractivity contribution < 1.29 is 4.92 Å². The van der Waals surface area contributed by atoms with Crippen molar-refractivity contribution in [2.75, 3.05) is 0 Å². The van der Waals surface area contributed by atoms with Crippen LogP contribution in [0.25, 0.3) is 0 Å². The lowest BCUT2D eigenvalue weighted by molar-refractivity contribution is -0.385. The van der Waals surface area contributed by atoms with Crippen LogP contribution < -0.4 is 0 Å². The van der Waals surface area contributed by atoms with E-state index in [4.69, 9.17) is 0 Å². The molecule has 0 unspecified atom stereocenters. The van der Waals surface area contributed by atoms with Gasteiger partial charge in [0.2, 0.25) is 0 Å². The van der Waals surface area contributed by atoms with Gasteiger partial charge in [-0.2, -0.15) is 0 Å². The Labute approximate surface area is 78.0 Å². The summed E-state index contributed by atoms with van der Waals surface area (Å²) in [5.74, 6) is 0. The van der Waals surface area contributed by atoms with Gasteiger partial charge in [-0.1, -0.05) is 22.5 Å². The second kappa shape index (κ2) is 3.49. The molecule has 1 radical (unpaired) electrons. The Morgan fingerprint density at radius 3 is 2.75 bits per heavy atom. The molecule has 1 rings (SSSR count). The van der Waals surface area contributed by atoms with Gasteiger partial charge < -0.3 is 0 Å². The largest absolute Gasteiger partial charge is 0.277 e. The van der Waals surface area contributed by atoms with Gasteiger partial charge in [0.1, 0.15) is 0 Å². The molecule has 0 fully saturated rings. The van der Waals surface area contributed by atoms with Gasteiger partial charge in [0.25, 0.3) is 5.69 Å². The highest BCUT2D eigenvalue weighted by atomic mass is 79.9. The highest BCUT2D eigenvalue weighted by Gasteiger charge is 2.10. The molecule has 0 saturated carbocycles. The van der Waals surface area contributed by atoms with Crippen molar-refractivity contribution in [3.63, 3.8) is 0 Å². The van der Waals surface area contributed by atoms with E-state index in [1.807, 2.05) is 0 Å². The number of rotatable bonds is 2. The van der Waals surface area contributed by atoms with Crippen LogP contribution in [0.4, 0.5) is 5.69 Å². The summed E-state index contributed by atoms with van der Waals surface area (Å²) < 4.78 is 0.777. The van der Waals surface area contributed by atoms with E-state index in [1.54, 1.807) is 12.1 Å². The number of hydrogen-bond donors (Lipinski definition) is 0. The first-order chi connectivity index (χ1) is 5.65. The van der Waals surface area contributed by atoms with Crippen molar-refractivity contribution in [3.8, 4) is 0 Å². The summed E-state index contributed by atoms with van der Waals surface area (Å²) in [4.78, 5) is 9.96. The fourth-order valence-corrected chi connectivity index (χ4v) is 1.17. The molecule has 0 atom stereocenters. The van der Waals surface area contributed by atoms with Crippen LogP contribution in [-0.4, -0.2) is 4.92 Å². The summed E-state index contributed by atoms with van der Waals surface area (Å²) >= 11 is 3.20. The Morgan fingerprint density at radius 2 is 2.25 bits per heavy atom. The minimum atomic E-state index is -0.458. The van der Waals surface area contributed by atoms with Crippen LogP contribution >= 0.6 is 15.9 Å².